The van der Waals surface area contributed by atoms with Gasteiger partial charge in [0.2, 0.25) is 11.6 Å². The standard InChI is InChI=1S/C36H45IN4O9/c1-18-12-23-31(39)27(42)16-26(33(23)45)41(17-28(43)22-10-11-25(38)24(37)15-22)35(46)19(2)8-7-9-29(48-5)34(50-36(40)47)21(4)14-20(3)32(44)30(13-18)49-6/h7-11,14-16,18,20,29-30,32,34,44H,12-13,17,38-39H2,1-6H3,(H2,40,47)/b9-7-,19-8+,21-14+/t18-,20-,29-,30-,32+,34-/m0/s1. The molecule has 0 saturated heterocycles. The molecule has 0 spiro atoms. The summed E-state index contributed by atoms with van der Waals surface area (Å²) in [4.78, 5) is 67.8. The SMILES string of the molecule is CO[C@H]1/C=C\C=C(/C)C(=O)N(CC(=O)c2ccc(N)c(I)c2)C2=CC(=O)C(N)=C(C[C@H](C)C[C@H](OC)[C@H](O)[C@@H](C)/C=C(\C)[C@@H]1OC(N)=O)C2=O. The number of rotatable bonds is 6. The molecule has 50 heavy (non-hydrogen) atoms. The smallest absolute Gasteiger partial charge is 0.405 e. The van der Waals surface area contributed by atoms with E-state index in [1.807, 2.05) is 29.5 Å². The molecule has 6 atom stereocenters. The number of aliphatic hydroxyl groups is 1. The van der Waals surface area contributed by atoms with Gasteiger partial charge < -0.3 is 36.5 Å². The Morgan fingerprint density at radius 2 is 1.76 bits per heavy atom. The second-order valence-electron chi connectivity index (χ2n) is 12.5. The third-order valence-corrected chi connectivity index (χ3v) is 9.64. The average Bonchev–Trinajstić information content (AvgIpc) is 3.07. The van der Waals surface area contributed by atoms with Crippen LogP contribution in [0.15, 0.2) is 76.7 Å². The number of primary amides is 1. The first-order valence-corrected chi connectivity index (χ1v) is 17.0. The zero-order chi connectivity index (χ0) is 37.4. The second-order valence-corrected chi connectivity index (χ2v) is 13.7. The number of ketones is 3. The van der Waals surface area contributed by atoms with Crippen LogP contribution in [0.5, 0.6) is 0 Å². The summed E-state index contributed by atoms with van der Waals surface area (Å²) in [5.41, 5.74) is 18.3. The normalized spacial score (nSPS) is 28.7. The summed E-state index contributed by atoms with van der Waals surface area (Å²) in [5, 5.41) is 11.3. The molecule has 13 nitrogen and oxygen atoms in total. The summed E-state index contributed by atoms with van der Waals surface area (Å²) < 4.78 is 17.3. The number of allylic oxidation sites excluding steroid dienone is 4. The highest BCUT2D eigenvalue weighted by Crippen LogP contribution is 2.30. The average molecular weight is 805 g/mol. The van der Waals surface area contributed by atoms with E-state index >= 15 is 0 Å². The van der Waals surface area contributed by atoms with Crippen LogP contribution in [-0.4, -0.2) is 84.5 Å². The summed E-state index contributed by atoms with van der Waals surface area (Å²) in [7, 11) is 2.85. The van der Waals surface area contributed by atoms with Crippen LogP contribution in [0.3, 0.4) is 0 Å². The van der Waals surface area contributed by atoms with E-state index in [1.165, 1.54) is 39.4 Å². The van der Waals surface area contributed by atoms with Crippen molar-refractivity contribution in [2.75, 3.05) is 26.5 Å². The maximum Gasteiger partial charge on any atom is 0.405 e. The lowest BCUT2D eigenvalue weighted by molar-refractivity contribution is -0.128. The van der Waals surface area contributed by atoms with Crippen LogP contribution in [0.25, 0.3) is 0 Å². The Balaban J connectivity index is 2.19. The van der Waals surface area contributed by atoms with Crippen LogP contribution in [0.4, 0.5) is 10.5 Å². The molecule has 2 aliphatic rings. The Hall–Kier alpha value is -4.12. The van der Waals surface area contributed by atoms with E-state index < -0.39 is 66.2 Å². The second kappa shape index (κ2) is 17.7. The first-order valence-electron chi connectivity index (χ1n) is 15.9. The number of nitrogens with zero attached hydrogens (tertiary/aromatic N) is 1. The molecule has 14 heteroatoms. The molecular weight excluding hydrogens is 759 g/mol. The van der Waals surface area contributed by atoms with E-state index in [2.05, 4.69) is 0 Å². The Labute approximate surface area is 305 Å². The number of fused-ring (bicyclic) bond motifs is 2. The molecule has 0 saturated carbocycles. The number of methoxy groups -OCH3 is 2. The predicted molar refractivity (Wildman–Crippen MR) is 195 cm³/mol. The van der Waals surface area contributed by atoms with Crippen molar-refractivity contribution in [1.29, 1.82) is 0 Å². The van der Waals surface area contributed by atoms with Crippen LogP contribution in [0, 0.1) is 15.4 Å². The highest BCUT2D eigenvalue weighted by molar-refractivity contribution is 14.1. The number of amides is 2. The van der Waals surface area contributed by atoms with Crippen LogP contribution in [0.1, 0.15) is 50.9 Å². The monoisotopic (exact) mass is 804 g/mol. The molecule has 7 N–H and O–H groups in total. The van der Waals surface area contributed by atoms with Gasteiger partial charge >= 0.3 is 6.09 Å². The number of ether oxygens (including phenoxy) is 3. The van der Waals surface area contributed by atoms with Gasteiger partial charge in [-0.1, -0.05) is 38.2 Å². The highest BCUT2D eigenvalue weighted by atomic mass is 127. The fraction of sp³-hybridized carbons (Fsp3) is 0.417. The van der Waals surface area contributed by atoms with E-state index in [0.717, 1.165) is 11.0 Å². The van der Waals surface area contributed by atoms with Crippen molar-refractivity contribution in [3.05, 3.63) is 85.8 Å². The van der Waals surface area contributed by atoms with E-state index in [1.54, 1.807) is 38.1 Å². The van der Waals surface area contributed by atoms with Crippen molar-refractivity contribution < 1.29 is 43.3 Å². The van der Waals surface area contributed by atoms with Gasteiger partial charge in [-0.2, -0.15) is 0 Å². The molecule has 1 aliphatic carbocycles. The number of benzene rings is 1. The summed E-state index contributed by atoms with van der Waals surface area (Å²) >= 11 is 1.99. The molecule has 0 unspecified atom stereocenters. The number of nitrogens with two attached hydrogens (primary N) is 3. The minimum absolute atomic E-state index is 0.00534. The van der Waals surface area contributed by atoms with Crippen LogP contribution in [0.2, 0.25) is 0 Å². The van der Waals surface area contributed by atoms with E-state index in [9.17, 15) is 29.1 Å². The fourth-order valence-corrected chi connectivity index (χ4v) is 6.40. The Kier molecular flexibility index (Phi) is 14.3. The van der Waals surface area contributed by atoms with E-state index in [0.29, 0.717) is 14.8 Å². The molecule has 1 aromatic carbocycles. The van der Waals surface area contributed by atoms with Crippen LogP contribution < -0.4 is 17.2 Å². The number of halogens is 1. The zero-order valence-electron chi connectivity index (χ0n) is 29.0. The number of carbonyl (C=O) groups excluding carboxylic acids is 5. The van der Waals surface area contributed by atoms with Gasteiger partial charge in [-0.05, 0) is 79.0 Å². The lowest BCUT2D eigenvalue weighted by Crippen LogP contribution is -2.41. The van der Waals surface area contributed by atoms with E-state index in [4.69, 9.17) is 31.4 Å². The third-order valence-electron chi connectivity index (χ3n) is 8.71. The van der Waals surface area contributed by atoms with Gasteiger partial charge in [-0.3, -0.25) is 24.1 Å². The Bertz CT molecular complexity index is 1680. The quantitative estimate of drug-likeness (QED) is 0.107. The molecule has 270 valence electrons. The maximum atomic E-state index is 14.1. The fourth-order valence-electron chi connectivity index (χ4n) is 5.89. The van der Waals surface area contributed by atoms with Crippen molar-refractivity contribution in [2.24, 2.45) is 23.3 Å². The summed E-state index contributed by atoms with van der Waals surface area (Å²) in [5.74, 6) is -3.41. The van der Waals surface area contributed by atoms with Gasteiger partial charge in [0.05, 0.1) is 30.1 Å². The number of carbonyl (C=O) groups is 5. The number of hydrogen-bond donors (Lipinski definition) is 4. The highest BCUT2D eigenvalue weighted by Gasteiger charge is 2.36. The molecule has 0 aromatic heterocycles. The summed E-state index contributed by atoms with van der Waals surface area (Å²) in [6, 6.07) is 4.65. The van der Waals surface area contributed by atoms with E-state index in [-0.39, 0.29) is 46.9 Å². The van der Waals surface area contributed by atoms with Gasteiger partial charge in [0.1, 0.15) is 6.10 Å². The molecule has 3 rings (SSSR count). The predicted octanol–water partition coefficient (Wildman–Crippen LogP) is 3.50. The van der Waals surface area contributed by atoms with Crippen molar-refractivity contribution in [3.63, 3.8) is 0 Å². The van der Waals surface area contributed by atoms with Gasteiger partial charge in [-0.15, -0.1) is 0 Å². The van der Waals surface area contributed by atoms with Crippen molar-refractivity contribution in [3.8, 4) is 0 Å². The van der Waals surface area contributed by atoms with Crippen molar-refractivity contribution >= 4 is 57.6 Å². The molecule has 2 bridgehead atoms. The topological polar surface area (TPSA) is 215 Å². The number of anilines is 1. The van der Waals surface area contributed by atoms with Gasteiger partial charge in [-0.25, -0.2) is 4.79 Å². The molecule has 0 fully saturated rings. The third kappa shape index (κ3) is 9.77. The zero-order valence-corrected chi connectivity index (χ0v) is 31.1. The minimum atomic E-state index is -1.04. The first kappa shape index (κ1) is 40.3. The van der Waals surface area contributed by atoms with Crippen molar-refractivity contribution in [2.45, 2.75) is 65.0 Å². The molecule has 1 heterocycles. The molecule has 1 aliphatic heterocycles. The molecule has 1 aromatic rings. The van der Waals surface area contributed by atoms with Crippen LogP contribution >= 0.6 is 22.6 Å². The van der Waals surface area contributed by atoms with Gasteiger partial charge in [0.15, 0.2) is 11.9 Å². The molecule has 2 amide bonds. The lowest BCUT2D eigenvalue weighted by Gasteiger charge is -2.30. The molecular formula is C36H45IN4O9. The lowest BCUT2D eigenvalue weighted by atomic mass is 9.85. The van der Waals surface area contributed by atoms with Gasteiger partial charge in [0, 0.05) is 52.2 Å². The van der Waals surface area contributed by atoms with Crippen molar-refractivity contribution in [1.82, 2.24) is 4.90 Å². The Morgan fingerprint density at radius 1 is 1.08 bits per heavy atom. The van der Waals surface area contributed by atoms with Gasteiger partial charge in [0.25, 0.3) is 5.91 Å². The summed E-state index contributed by atoms with van der Waals surface area (Å²) in [6.07, 6.45) is 2.81. The largest absolute Gasteiger partial charge is 0.439 e. The number of Topliss-reactive ketones (excluding diaryl/α,β-unsaturated/α-hetero) is 2. The molecule has 0 radical (unpaired) electrons. The maximum absolute atomic E-state index is 14.1. The number of nitrogen functional groups attached to an aromatic ring is 1. The minimum Gasteiger partial charge on any atom is -0.439 e. The Morgan fingerprint density at radius 3 is 2.36 bits per heavy atom. The first-order chi connectivity index (χ1) is 23.5. The van der Waals surface area contributed by atoms with Crippen LogP contribution in [-0.2, 0) is 28.6 Å². The number of aliphatic hydroxyl groups excluding tert-OH is 1. The summed E-state index contributed by atoms with van der Waals surface area (Å²) in [6.45, 7) is 6.20. The number of hydrogen-bond acceptors (Lipinski definition) is 11.